The molecule has 0 saturated heterocycles. The number of rotatable bonds is 4. The smallest absolute Gasteiger partial charge is 0.0855 e. The quantitative estimate of drug-likeness (QED) is 0.529. The molecule has 1 aliphatic heterocycles. The van der Waals surface area contributed by atoms with E-state index in [1.165, 1.54) is 11.4 Å². The first kappa shape index (κ1) is 23.5. The molecule has 3 nitrogen and oxygen atoms in total. The first-order valence-corrected chi connectivity index (χ1v) is 15.5. The average Bonchev–Trinajstić information content (AvgIpc) is 2.68. The predicted octanol–water partition coefficient (Wildman–Crippen LogP) is 6.33. The summed E-state index contributed by atoms with van der Waals surface area (Å²) in [5, 5.41) is 0. The lowest BCUT2D eigenvalue weighted by atomic mass is 9.96. The van der Waals surface area contributed by atoms with Gasteiger partial charge in [0.2, 0.25) is 0 Å². The van der Waals surface area contributed by atoms with Crippen LogP contribution in [0.25, 0.3) is 0 Å². The second kappa shape index (κ2) is 7.48. The van der Waals surface area contributed by atoms with Crippen molar-refractivity contribution in [1.29, 1.82) is 0 Å². The Morgan fingerprint density at radius 3 is 1.36 bits per heavy atom. The maximum absolute atomic E-state index is 2.95. The second-order valence-corrected chi connectivity index (χ2v) is 20.1. The number of anilines is 2. The SMILES string of the molecule is CC(C)(C)CN1c2ccccc2N(CC(C)(C)C)[Si-]1N(C(C)(C)C)[Si](C)(C)C. The Hall–Kier alpha value is -0.786. The summed E-state index contributed by atoms with van der Waals surface area (Å²) in [5.74, 6) is 0. The van der Waals surface area contributed by atoms with Gasteiger partial charge in [0.1, 0.15) is 0 Å². The Morgan fingerprint density at radius 2 is 1.11 bits per heavy atom. The third-order valence-corrected chi connectivity index (χ3v) is 12.2. The number of hydrogen-bond acceptors (Lipinski definition) is 3. The van der Waals surface area contributed by atoms with E-state index in [2.05, 4.69) is 120 Å². The number of nitrogens with zero attached hydrogens (tertiary/aromatic N) is 3. The van der Waals surface area contributed by atoms with E-state index < -0.39 is 17.5 Å². The Bertz CT molecular complexity index is 618. The third-order valence-electron chi connectivity index (χ3n) is 4.75. The van der Waals surface area contributed by atoms with Gasteiger partial charge in [0.05, 0.1) is 8.24 Å². The predicted molar refractivity (Wildman–Crippen MR) is 131 cm³/mol. The van der Waals surface area contributed by atoms with Crippen LogP contribution in [0.15, 0.2) is 24.3 Å². The molecule has 0 fully saturated rings. The van der Waals surface area contributed by atoms with Crippen LogP contribution in [0.5, 0.6) is 0 Å². The van der Waals surface area contributed by atoms with E-state index in [0.717, 1.165) is 13.1 Å². The van der Waals surface area contributed by atoms with Crippen LogP contribution in [0.2, 0.25) is 19.6 Å². The van der Waals surface area contributed by atoms with Crippen LogP contribution < -0.4 is 9.13 Å². The number of benzene rings is 1. The lowest BCUT2D eigenvalue weighted by Crippen LogP contribution is -2.73. The highest BCUT2D eigenvalue weighted by Crippen LogP contribution is 2.44. The van der Waals surface area contributed by atoms with E-state index in [1.54, 1.807) is 0 Å². The van der Waals surface area contributed by atoms with Gasteiger partial charge in [-0.3, -0.25) is 0 Å². The van der Waals surface area contributed by atoms with Crippen molar-refractivity contribution in [3.05, 3.63) is 24.3 Å². The van der Waals surface area contributed by atoms with Gasteiger partial charge in [-0.05, 0) is 41.6 Å². The molecule has 1 aromatic carbocycles. The largest absolute Gasteiger partial charge is 0.511 e. The number of para-hydroxylation sites is 2. The summed E-state index contributed by atoms with van der Waals surface area (Å²) in [7, 11) is -2.67. The molecular formula is C23H44N3Si2-. The fourth-order valence-corrected chi connectivity index (χ4v) is 12.9. The average molecular weight is 419 g/mol. The van der Waals surface area contributed by atoms with Gasteiger partial charge >= 0.3 is 0 Å². The van der Waals surface area contributed by atoms with Gasteiger partial charge in [0.25, 0.3) is 0 Å². The molecule has 0 aromatic heterocycles. The standard InChI is InChI=1S/C23H44N3Si2/c1-21(2,3)17-24-19-15-13-14-16-20(19)25(18-22(4,5)6)27(24)26(23(7,8)9)28(10,11)12/h13-16H,17-18H2,1-12H3/q-1. The molecule has 0 radical (unpaired) electrons. The minimum absolute atomic E-state index is 0.146. The maximum atomic E-state index is 2.95. The van der Waals surface area contributed by atoms with Gasteiger partial charge < -0.3 is 13.4 Å². The maximum Gasteiger partial charge on any atom is 0.0855 e. The second-order valence-electron chi connectivity index (χ2n) is 12.8. The van der Waals surface area contributed by atoms with Crippen molar-refractivity contribution in [2.24, 2.45) is 10.8 Å². The van der Waals surface area contributed by atoms with Crippen LogP contribution in [-0.2, 0) is 0 Å². The molecule has 0 saturated carbocycles. The molecule has 0 unspecified atom stereocenters. The van der Waals surface area contributed by atoms with Gasteiger partial charge in [-0.1, -0.05) is 94.1 Å². The van der Waals surface area contributed by atoms with Gasteiger partial charge in [-0.15, -0.1) is 0 Å². The molecule has 0 spiro atoms. The van der Waals surface area contributed by atoms with Crippen LogP contribution >= 0.6 is 0 Å². The number of hydrogen-bond donors (Lipinski definition) is 0. The molecule has 1 aromatic rings. The zero-order chi connectivity index (χ0) is 21.7. The molecule has 0 N–H and O–H groups in total. The number of fused-ring (bicyclic) bond motifs is 1. The lowest BCUT2D eigenvalue weighted by molar-refractivity contribution is 0.341. The first-order chi connectivity index (χ1) is 12.4. The lowest BCUT2D eigenvalue weighted by Gasteiger charge is -2.64. The fourth-order valence-electron chi connectivity index (χ4n) is 4.39. The molecule has 1 heterocycles. The highest BCUT2D eigenvalue weighted by atomic mass is 28.4. The summed E-state index contributed by atoms with van der Waals surface area (Å²) in [6, 6.07) is 9.12. The van der Waals surface area contributed by atoms with Crippen LogP contribution in [0.4, 0.5) is 11.4 Å². The van der Waals surface area contributed by atoms with E-state index in [4.69, 9.17) is 0 Å². The van der Waals surface area contributed by atoms with Gasteiger partial charge in [0.15, 0.2) is 0 Å². The van der Waals surface area contributed by atoms with Crippen molar-refractivity contribution in [2.75, 3.05) is 22.2 Å². The molecule has 5 heteroatoms. The van der Waals surface area contributed by atoms with Crippen LogP contribution in [-0.4, -0.2) is 40.4 Å². The van der Waals surface area contributed by atoms with E-state index in [1.807, 2.05) is 0 Å². The molecule has 28 heavy (non-hydrogen) atoms. The highest BCUT2D eigenvalue weighted by molar-refractivity contribution is 6.86. The summed E-state index contributed by atoms with van der Waals surface area (Å²) in [5.41, 5.74) is 3.52. The minimum atomic E-state index is -1.57. The van der Waals surface area contributed by atoms with Crippen LogP contribution in [0, 0.1) is 10.8 Å². The minimum Gasteiger partial charge on any atom is -0.511 e. The van der Waals surface area contributed by atoms with E-state index in [9.17, 15) is 0 Å². The van der Waals surface area contributed by atoms with E-state index in [0.29, 0.717) is 0 Å². The summed E-state index contributed by atoms with van der Waals surface area (Å²) in [6.07, 6.45) is 0. The zero-order valence-electron chi connectivity index (χ0n) is 20.6. The van der Waals surface area contributed by atoms with Crippen LogP contribution in [0.3, 0.4) is 0 Å². The summed E-state index contributed by atoms with van der Waals surface area (Å²) >= 11 is 0. The van der Waals surface area contributed by atoms with E-state index in [-0.39, 0.29) is 16.4 Å². The zero-order valence-corrected chi connectivity index (χ0v) is 22.6. The van der Waals surface area contributed by atoms with Crippen LogP contribution in [0.1, 0.15) is 62.3 Å². The molecule has 0 amide bonds. The Kier molecular flexibility index (Phi) is 6.27. The molecule has 160 valence electrons. The topological polar surface area (TPSA) is 9.72 Å². The van der Waals surface area contributed by atoms with Crippen molar-refractivity contribution >= 4 is 28.9 Å². The highest BCUT2D eigenvalue weighted by Gasteiger charge is 2.40. The van der Waals surface area contributed by atoms with Gasteiger partial charge in [-0.2, -0.15) is 0 Å². The molecule has 0 bridgehead atoms. The molecule has 0 aliphatic carbocycles. The third kappa shape index (κ3) is 5.42. The fraction of sp³-hybridized carbons (Fsp3) is 0.739. The summed E-state index contributed by atoms with van der Waals surface area (Å²) in [6.45, 7) is 31.2. The Balaban J connectivity index is 2.70. The van der Waals surface area contributed by atoms with E-state index >= 15 is 0 Å². The van der Waals surface area contributed by atoms with Gasteiger partial charge in [0, 0.05) is 20.7 Å². The summed E-state index contributed by atoms with van der Waals surface area (Å²) in [4.78, 5) is 0. The van der Waals surface area contributed by atoms with Crippen molar-refractivity contribution in [2.45, 2.75) is 87.5 Å². The molecular weight excluding hydrogens is 374 g/mol. The van der Waals surface area contributed by atoms with Crippen molar-refractivity contribution < 1.29 is 0 Å². The normalized spacial score (nSPS) is 16.9. The van der Waals surface area contributed by atoms with Gasteiger partial charge in [-0.25, -0.2) is 0 Å². The Morgan fingerprint density at radius 1 is 0.750 bits per heavy atom. The molecule has 0 atom stereocenters. The molecule has 2 rings (SSSR count). The summed E-state index contributed by atoms with van der Waals surface area (Å²) < 4.78 is 8.52. The Labute approximate surface area is 178 Å². The molecule has 1 aliphatic rings. The van der Waals surface area contributed by atoms with Crippen molar-refractivity contribution in [3.8, 4) is 0 Å². The van der Waals surface area contributed by atoms with Crippen molar-refractivity contribution in [1.82, 2.24) is 4.23 Å². The monoisotopic (exact) mass is 418 g/mol. The van der Waals surface area contributed by atoms with Crippen molar-refractivity contribution in [3.63, 3.8) is 0 Å². The first-order valence-electron chi connectivity index (χ1n) is 10.7.